The van der Waals surface area contributed by atoms with Crippen LogP contribution in [0.2, 0.25) is 0 Å². The second kappa shape index (κ2) is 4.96. The highest BCUT2D eigenvalue weighted by Crippen LogP contribution is 2.17. The molecule has 3 N–H and O–H groups in total. The van der Waals surface area contributed by atoms with E-state index in [1.807, 2.05) is 0 Å². The summed E-state index contributed by atoms with van der Waals surface area (Å²) < 4.78 is 4.94. The highest BCUT2D eigenvalue weighted by Gasteiger charge is 2.35. The van der Waals surface area contributed by atoms with E-state index < -0.39 is 18.2 Å². The number of carbonyl (C=O) groups is 1. The highest BCUT2D eigenvalue weighted by molar-refractivity contribution is 5.77. The molecular weight excluding hydrogens is 212 g/mol. The predicted molar refractivity (Wildman–Crippen MR) is 56.4 cm³/mol. The van der Waals surface area contributed by atoms with Gasteiger partial charge in [-0.3, -0.25) is 0 Å². The number of aliphatic hydroxyl groups is 2. The Morgan fingerprint density at radius 2 is 1.94 bits per heavy atom. The smallest absolute Gasteiger partial charge is 0.338 e. The molecule has 1 aromatic rings. The fourth-order valence-electron chi connectivity index (χ4n) is 1.28. The Balaban J connectivity index is 2.82. The maximum atomic E-state index is 10.7. The lowest BCUT2D eigenvalue weighted by molar-refractivity contribution is -0.162. The van der Waals surface area contributed by atoms with Crippen LogP contribution >= 0.6 is 0 Å². The van der Waals surface area contributed by atoms with Crippen molar-refractivity contribution in [2.45, 2.75) is 12.0 Å². The average Bonchev–Trinajstić information content (AvgIpc) is 2.29. The van der Waals surface area contributed by atoms with Gasteiger partial charge < -0.3 is 20.1 Å². The first-order valence-corrected chi connectivity index (χ1v) is 4.71. The number of carboxylic acid groups (broad SMARTS) is 1. The van der Waals surface area contributed by atoms with Crippen molar-refractivity contribution in [1.82, 2.24) is 0 Å². The summed E-state index contributed by atoms with van der Waals surface area (Å²) >= 11 is 0. The van der Waals surface area contributed by atoms with Crippen LogP contribution < -0.4 is 4.74 Å². The van der Waals surface area contributed by atoms with Gasteiger partial charge in [-0.25, -0.2) is 4.79 Å². The number of ether oxygens (including phenoxy) is 1. The molecule has 0 aliphatic carbocycles. The van der Waals surface area contributed by atoms with E-state index in [2.05, 4.69) is 0 Å². The second-order valence-corrected chi connectivity index (χ2v) is 3.52. The van der Waals surface area contributed by atoms with Crippen LogP contribution in [-0.2, 0) is 11.2 Å². The van der Waals surface area contributed by atoms with Crippen molar-refractivity contribution in [1.29, 1.82) is 0 Å². The Morgan fingerprint density at radius 3 is 2.31 bits per heavy atom. The molecule has 16 heavy (non-hydrogen) atoms. The minimum Gasteiger partial charge on any atom is -0.497 e. The third-order valence-electron chi connectivity index (χ3n) is 2.32. The molecule has 1 unspecified atom stereocenters. The van der Waals surface area contributed by atoms with Gasteiger partial charge in [-0.05, 0) is 17.7 Å². The Hall–Kier alpha value is -1.59. The predicted octanol–water partition coefficient (Wildman–Crippen LogP) is 0.0457. The number of aliphatic carboxylic acids is 1. The molecule has 0 radical (unpaired) electrons. The summed E-state index contributed by atoms with van der Waals surface area (Å²) in [6.45, 7) is -0.825. The number of rotatable bonds is 5. The van der Waals surface area contributed by atoms with Crippen molar-refractivity contribution in [2.24, 2.45) is 0 Å². The Bertz CT molecular complexity index is 359. The van der Waals surface area contributed by atoms with E-state index in [4.69, 9.17) is 14.9 Å². The molecule has 88 valence electrons. The largest absolute Gasteiger partial charge is 0.497 e. The van der Waals surface area contributed by atoms with Crippen LogP contribution in [0.3, 0.4) is 0 Å². The fraction of sp³-hybridized carbons (Fsp3) is 0.364. The standard InChI is InChI=1S/C11H14O5/c1-16-9-4-2-8(3-5-9)6-11(15,7-12)10(13)14/h2-5,12,15H,6-7H2,1H3,(H,13,14). The molecule has 0 saturated heterocycles. The van der Waals surface area contributed by atoms with E-state index >= 15 is 0 Å². The topological polar surface area (TPSA) is 87.0 Å². The summed E-state index contributed by atoms with van der Waals surface area (Å²) in [6.07, 6.45) is -0.150. The summed E-state index contributed by atoms with van der Waals surface area (Å²) in [6, 6.07) is 6.61. The first-order valence-electron chi connectivity index (χ1n) is 4.71. The first kappa shape index (κ1) is 12.5. The summed E-state index contributed by atoms with van der Waals surface area (Å²) in [5.41, 5.74) is -1.52. The van der Waals surface area contributed by atoms with Gasteiger partial charge in [-0.1, -0.05) is 12.1 Å². The number of aliphatic hydroxyl groups excluding tert-OH is 1. The van der Waals surface area contributed by atoms with Crippen LogP contribution in [0.15, 0.2) is 24.3 Å². The number of carboxylic acids is 1. The van der Waals surface area contributed by atoms with Gasteiger partial charge >= 0.3 is 5.97 Å². The average molecular weight is 226 g/mol. The van der Waals surface area contributed by atoms with Crippen LogP contribution in [0.4, 0.5) is 0 Å². The minimum atomic E-state index is -2.13. The maximum Gasteiger partial charge on any atom is 0.338 e. The molecule has 0 bridgehead atoms. The van der Waals surface area contributed by atoms with E-state index in [0.29, 0.717) is 11.3 Å². The SMILES string of the molecule is COc1ccc(CC(O)(CO)C(=O)O)cc1. The molecule has 5 nitrogen and oxygen atoms in total. The molecule has 0 aliphatic heterocycles. The second-order valence-electron chi connectivity index (χ2n) is 3.52. The van der Waals surface area contributed by atoms with E-state index in [1.165, 1.54) is 7.11 Å². The van der Waals surface area contributed by atoms with Crippen LogP contribution in [0.1, 0.15) is 5.56 Å². The van der Waals surface area contributed by atoms with E-state index in [-0.39, 0.29) is 6.42 Å². The van der Waals surface area contributed by atoms with Crippen molar-refractivity contribution >= 4 is 5.97 Å². The van der Waals surface area contributed by atoms with Gasteiger partial charge in [0.05, 0.1) is 13.7 Å². The molecule has 0 heterocycles. The van der Waals surface area contributed by atoms with Crippen molar-refractivity contribution in [3.63, 3.8) is 0 Å². The molecule has 0 amide bonds. The highest BCUT2D eigenvalue weighted by atomic mass is 16.5. The van der Waals surface area contributed by atoms with Gasteiger partial charge in [0.2, 0.25) is 0 Å². The van der Waals surface area contributed by atoms with Gasteiger partial charge in [0.25, 0.3) is 0 Å². The van der Waals surface area contributed by atoms with Gasteiger partial charge in [0.15, 0.2) is 5.60 Å². The molecule has 0 aromatic heterocycles. The molecule has 0 fully saturated rings. The monoisotopic (exact) mass is 226 g/mol. The van der Waals surface area contributed by atoms with Crippen LogP contribution in [0, 0.1) is 0 Å². The zero-order valence-electron chi connectivity index (χ0n) is 8.88. The third kappa shape index (κ3) is 2.71. The number of hydrogen-bond donors (Lipinski definition) is 3. The van der Waals surface area contributed by atoms with Gasteiger partial charge in [-0.15, -0.1) is 0 Å². The zero-order valence-corrected chi connectivity index (χ0v) is 8.88. The molecule has 0 spiro atoms. The van der Waals surface area contributed by atoms with Crippen molar-refractivity contribution in [3.8, 4) is 5.75 Å². The Kier molecular flexibility index (Phi) is 3.87. The van der Waals surface area contributed by atoms with Crippen molar-refractivity contribution in [3.05, 3.63) is 29.8 Å². The van der Waals surface area contributed by atoms with Crippen LogP contribution in [0.25, 0.3) is 0 Å². The summed E-state index contributed by atoms with van der Waals surface area (Å²) in [5, 5.41) is 27.2. The molecule has 1 rings (SSSR count). The zero-order chi connectivity index (χ0) is 12.2. The molecule has 5 heteroatoms. The van der Waals surface area contributed by atoms with E-state index in [9.17, 15) is 9.90 Å². The number of methoxy groups -OCH3 is 1. The Labute approximate surface area is 92.9 Å². The van der Waals surface area contributed by atoms with Crippen molar-refractivity contribution in [2.75, 3.05) is 13.7 Å². The summed E-state index contributed by atoms with van der Waals surface area (Å²) in [7, 11) is 1.52. The minimum absolute atomic E-state index is 0.150. The molecule has 0 saturated carbocycles. The van der Waals surface area contributed by atoms with Crippen LogP contribution in [-0.4, -0.2) is 40.6 Å². The van der Waals surface area contributed by atoms with Gasteiger partial charge in [0.1, 0.15) is 5.75 Å². The van der Waals surface area contributed by atoms with Gasteiger partial charge in [0, 0.05) is 6.42 Å². The first-order chi connectivity index (χ1) is 7.51. The lowest BCUT2D eigenvalue weighted by Gasteiger charge is -2.20. The number of benzene rings is 1. The molecular formula is C11H14O5. The Morgan fingerprint density at radius 1 is 1.38 bits per heavy atom. The maximum absolute atomic E-state index is 10.7. The van der Waals surface area contributed by atoms with Crippen molar-refractivity contribution < 1.29 is 24.9 Å². The fourth-order valence-corrected chi connectivity index (χ4v) is 1.28. The van der Waals surface area contributed by atoms with Gasteiger partial charge in [-0.2, -0.15) is 0 Å². The molecule has 1 atom stereocenters. The molecule has 0 aliphatic rings. The normalized spacial score (nSPS) is 14.2. The summed E-state index contributed by atoms with van der Waals surface area (Å²) in [4.78, 5) is 10.7. The summed E-state index contributed by atoms with van der Waals surface area (Å²) in [5.74, 6) is -0.794. The quantitative estimate of drug-likeness (QED) is 0.660. The van der Waals surface area contributed by atoms with Crippen LogP contribution in [0.5, 0.6) is 5.75 Å². The molecule has 1 aromatic carbocycles. The van der Waals surface area contributed by atoms with E-state index in [0.717, 1.165) is 0 Å². The lowest BCUT2D eigenvalue weighted by Crippen LogP contribution is -2.44. The lowest BCUT2D eigenvalue weighted by atomic mass is 9.95. The van der Waals surface area contributed by atoms with E-state index in [1.54, 1.807) is 24.3 Å². The third-order valence-corrected chi connectivity index (χ3v) is 2.32. The number of hydrogen-bond acceptors (Lipinski definition) is 4.